The zero-order chi connectivity index (χ0) is 13.9. The number of thiazole rings is 1. The lowest BCUT2D eigenvalue weighted by Crippen LogP contribution is -2.21. The Kier molecular flexibility index (Phi) is 4.18. The van der Waals surface area contributed by atoms with E-state index in [0.29, 0.717) is 5.92 Å². The largest absolute Gasteiger partial charge is 0.327 e. The standard InChI is InChI=1S/C17H22N2S/c1-2-14(18)11-17-19-15-9-8-13(10-16(15)20-17)12-6-4-3-5-7-12/h3-7,13-14H,2,8-11,18H2,1H3. The summed E-state index contributed by atoms with van der Waals surface area (Å²) in [5.41, 5.74) is 8.85. The lowest BCUT2D eigenvalue weighted by atomic mass is 9.85. The zero-order valence-corrected chi connectivity index (χ0v) is 12.8. The van der Waals surface area contributed by atoms with E-state index in [1.807, 2.05) is 11.3 Å². The lowest BCUT2D eigenvalue weighted by molar-refractivity contribution is 0.582. The summed E-state index contributed by atoms with van der Waals surface area (Å²) in [7, 11) is 0. The van der Waals surface area contributed by atoms with Crippen molar-refractivity contribution < 1.29 is 0 Å². The Morgan fingerprint density at radius 2 is 2.15 bits per heavy atom. The van der Waals surface area contributed by atoms with Crippen LogP contribution in [0, 0.1) is 0 Å². The van der Waals surface area contributed by atoms with Crippen LogP contribution < -0.4 is 5.73 Å². The molecule has 0 amide bonds. The minimum absolute atomic E-state index is 0.257. The van der Waals surface area contributed by atoms with Crippen molar-refractivity contribution in [2.24, 2.45) is 5.73 Å². The molecule has 2 atom stereocenters. The number of fused-ring (bicyclic) bond motifs is 1. The van der Waals surface area contributed by atoms with E-state index in [2.05, 4.69) is 37.3 Å². The normalized spacial score (nSPS) is 19.6. The number of nitrogens with zero attached hydrogens (tertiary/aromatic N) is 1. The quantitative estimate of drug-likeness (QED) is 0.931. The van der Waals surface area contributed by atoms with Gasteiger partial charge in [0.25, 0.3) is 0 Å². The van der Waals surface area contributed by atoms with Gasteiger partial charge in [-0.15, -0.1) is 11.3 Å². The SMILES string of the molecule is CCC(N)Cc1nc2c(s1)CC(c1ccccc1)CC2. The molecule has 20 heavy (non-hydrogen) atoms. The third-order valence-electron chi connectivity index (χ3n) is 4.22. The highest BCUT2D eigenvalue weighted by Gasteiger charge is 2.23. The van der Waals surface area contributed by atoms with Crippen LogP contribution in [0.4, 0.5) is 0 Å². The van der Waals surface area contributed by atoms with Gasteiger partial charge >= 0.3 is 0 Å². The molecule has 2 aromatic rings. The third-order valence-corrected chi connectivity index (χ3v) is 5.36. The Balaban J connectivity index is 1.75. The molecule has 1 heterocycles. The first kappa shape index (κ1) is 13.8. The Labute approximate surface area is 125 Å². The summed E-state index contributed by atoms with van der Waals surface area (Å²) in [5.74, 6) is 0.664. The Morgan fingerprint density at radius 3 is 2.90 bits per heavy atom. The first-order valence-corrected chi connectivity index (χ1v) is 8.36. The van der Waals surface area contributed by atoms with Crippen LogP contribution in [-0.4, -0.2) is 11.0 Å². The molecule has 1 aliphatic carbocycles. The third kappa shape index (κ3) is 2.94. The van der Waals surface area contributed by atoms with Crippen LogP contribution in [0.3, 0.4) is 0 Å². The fraction of sp³-hybridized carbons (Fsp3) is 0.471. The first-order chi connectivity index (χ1) is 9.76. The molecule has 0 saturated heterocycles. The highest BCUT2D eigenvalue weighted by atomic mass is 32.1. The summed E-state index contributed by atoms with van der Waals surface area (Å²) >= 11 is 1.89. The predicted molar refractivity (Wildman–Crippen MR) is 85.3 cm³/mol. The van der Waals surface area contributed by atoms with Crippen molar-refractivity contribution >= 4 is 11.3 Å². The van der Waals surface area contributed by atoms with Gasteiger partial charge in [-0.3, -0.25) is 0 Å². The Bertz CT molecular complexity index is 562. The number of hydrogen-bond acceptors (Lipinski definition) is 3. The average Bonchev–Trinajstić information content (AvgIpc) is 2.89. The maximum atomic E-state index is 6.05. The molecule has 2 N–H and O–H groups in total. The van der Waals surface area contributed by atoms with Crippen LogP contribution in [0.1, 0.15) is 46.8 Å². The predicted octanol–water partition coefficient (Wildman–Crippen LogP) is 3.70. The molecule has 1 aromatic carbocycles. The van der Waals surface area contributed by atoms with Crippen LogP contribution in [0.5, 0.6) is 0 Å². The fourth-order valence-electron chi connectivity index (χ4n) is 2.89. The lowest BCUT2D eigenvalue weighted by Gasteiger charge is -2.21. The molecule has 1 aromatic heterocycles. The average molecular weight is 286 g/mol. The second-order valence-electron chi connectivity index (χ2n) is 5.70. The number of aromatic nitrogens is 1. The first-order valence-electron chi connectivity index (χ1n) is 7.54. The summed E-state index contributed by atoms with van der Waals surface area (Å²) in [4.78, 5) is 6.29. The number of aryl methyl sites for hydroxylation is 1. The van der Waals surface area contributed by atoms with E-state index in [9.17, 15) is 0 Å². The van der Waals surface area contributed by atoms with Crippen LogP contribution in [-0.2, 0) is 19.3 Å². The van der Waals surface area contributed by atoms with Crippen molar-refractivity contribution in [2.75, 3.05) is 0 Å². The van der Waals surface area contributed by atoms with Crippen LogP contribution in [0.25, 0.3) is 0 Å². The van der Waals surface area contributed by atoms with Gasteiger partial charge < -0.3 is 5.73 Å². The molecule has 1 aliphatic rings. The van der Waals surface area contributed by atoms with Crippen molar-refractivity contribution in [1.82, 2.24) is 4.98 Å². The van der Waals surface area contributed by atoms with E-state index in [4.69, 9.17) is 10.7 Å². The minimum atomic E-state index is 0.257. The van der Waals surface area contributed by atoms with Crippen LogP contribution in [0.15, 0.2) is 30.3 Å². The molecule has 0 saturated carbocycles. The molecule has 0 radical (unpaired) electrons. The van der Waals surface area contributed by atoms with Gasteiger partial charge in [-0.2, -0.15) is 0 Å². The topological polar surface area (TPSA) is 38.9 Å². The van der Waals surface area contributed by atoms with Crippen LogP contribution in [0.2, 0.25) is 0 Å². The highest BCUT2D eigenvalue weighted by Crippen LogP contribution is 2.35. The molecule has 3 heteroatoms. The molecule has 0 fully saturated rings. The molecule has 2 nitrogen and oxygen atoms in total. The van der Waals surface area contributed by atoms with Gasteiger partial charge in [0.15, 0.2) is 0 Å². The van der Waals surface area contributed by atoms with E-state index in [1.165, 1.54) is 27.6 Å². The number of benzene rings is 1. The van der Waals surface area contributed by atoms with E-state index >= 15 is 0 Å². The number of rotatable bonds is 4. The second kappa shape index (κ2) is 6.06. The molecular formula is C17H22N2S. The monoisotopic (exact) mass is 286 g/mol. The molecular weight excluding hydrogens is 264 g/mol. The van der Waals surface area contributed by atoms with Gasteiger partial charge in [-0.25, -0.2) is 4.98 Å². The van der Waals surface area contributed by atoms with Gasteiger partial charge in [0.1, 0.15) is 0 Å². The smallest absolute Gasteiger partial charge is 0.0946 e. The number of nitrogens with two attached hydrogens (primary N) is 1. The fourth-order valence-corrected chi connectivity index (χ4v) is 4.18. The summed E-state index contributed by atoms with van der Waals surface area (Å²) in [5, 5.41) is 1.23. The molecule has 3 rings (SSSR count). The van der Waals surface area contributed by atoms with E-state index < -0.39 is 0 Å². The molecule has 2 unspecified atom stereocenters. The summed E-state index contributed by atoms with van der Waals surface area (Å²) in [6.45, 7) is 2.14. The molecule has 0 aliphatic heterocycles. The van der Waals surface area contributed by atoms with Crippen LogP contribution >= 0.6 is 11.3 Å². The van der Waals surface area contributed by atoms with E-state index in [-0.39, 0.29) is 6.04 Å². The van der Waals surface area contributed by atoms with E-state index in [1.54, 1.807) is 0 Å². The molecule has 0 bridgehead atoms. The van der Waals surface area contributed by atoms with Gasteiger partial charge in [-0.1, -0.05) is 37.3 Å². The van der Waals surface area contributed by atoms with Gasteiger partial charge in [0.05, 0.1) is 10.7 Å². The maximum Gasteiger partial charge on any atom is 0.0946 e. The Morgan fingerprint density at radius 1 is 1.35 bits per heavy atom. The van der Waals surface area contributed by atoms with Crippen molar-refractivity contribution in [1.29, 1.82) is 0 Å². The minimum Gasteiger partial charge on any atom is -0.327 e. The van der Waals surface area contributed by atoms with Gasteiger partial charge in [-0.05, 0) is 37.2 Å². The van der Waals surface area contributed by atoms with Gasteiger partial charge in [0, 0.05) is 17.3 Å². The van der Waals surface area contributed by atoms with Crippen molar-refractivity contribution in [3.63, 3.8) is 0 Å². The zero-order valence-electron chi connectivity index (χ0n) is 12.0. The van der Waals surface area contributed by atoms with Crippen molar-refractivity contribution in [2.45, 2.75) is 51.0 Å². The summed E-state index contributed by atoms with van der Waals surface area (Å²) < 4.78 is 0. The second-order valence-corrected chi connectivity index (χ2v) is 6.87. The highest BCUT2D eigenvalue weighted by molar-refractivity contribution is 7.11. The van der Waals surface area contributed by atoms with Crippen molar-refractivity contribution in [3.05, 3.63) is 51.5 Å². The number of hydrogen-bond donors (Lipinski definition) is 1. The van der Waals surface area contributed by atoms with Crippen molar-refractivity contribution in [3.8, 4) is 0 Å². The Hall–Kier alpha value is -1.19. The maximum absolute atomic E-state index is 6.05. The van der Waals surface area contributed by atoms with E-state index in [0.717, 1.165) is 25.7 Å². The summed E-state index contributed by atoms with van der Waals surface area (Å²) in [6.07, 6.45) is 5.45. The molecule has 0 spiro atoms. The van der Waals surface area contributed by atoms with Gasteiger partial charge in [0.2, 0.25) is 0 Å². The molecule has 106 valence electrons. The summed E-state index contributed by atoms with van der Waals surface area (Å²) in [6, 6.07) is 11.1.